The van der Waals surface area contributed by atoms with Crippen molar-refractivity contribution in [2.24, 2.45) is 5.92 Å². The van der Waals surface area contributed by atoms with Gasteiger partial charge in [0.05, 0.1) is 6.61 Å². The Labute approximate surface area is 56.2 Å². The molecule has 0 radical (unpaired) electrons. The van der Waals surface area contributed by atoms with Gasteiger partial charge in [0.15, 0.2) is 0 Å². The molecule has 0 aromatic rings. The Morgan fingerprint density at radius 2 is 2.22 bits per heavy atom. The maximum atomic E-state index is 10.2. The molecule has 2 nitrogen and oxygen atoms in total. The number of hydrogen-bond donors (Lipinski definition) is 0. The minimum Gasteiger partial charge on any atom is -0.466 e. The van der Waals surface area contributed by atoms with Gasteiger partial charge in [-0.1, -0.05) is 20.3 Å². The standard InChI is InChI=1S/C7H14O2/c1-4-6(2)5-9-7(3)8/h6H,4-5H2,1-3H3/t6-/m1/s1. The van der Waals surface area contributed by atoms with E-state index in [0.29, 0.717) is 12.5 Å². The van der Waals surface area contributed by atoms with Crippen molar-refractivity contribution in [1.82, 2.24) is 0 Å². The summed E-state index contributed by atoms with van der Waals surface area (Å²) in [5.41, 5.74) is 0. The fourth-order valence-electron chi connectivity index (χ4n) is 0.377. The molecule has 0 bridgehead atoms. The molecule has 0 heterocycles. The lowest BCUT2D eigenvalue weighted by molar-refractivity contribution is -0.142. The molecule has 0 unspecified atom stereocenters. The monoisotopic (exact) mass is 130 g/mol. The van der Waals surface area contributed by atoms with E-state index in [1.807, 2.05) is 0 Å². The highest BCUT2D eigenvalue weighted by molar-refractivity contribution is 5.65. The maximum absolute atomic E-state index is 10.2. The lowest BCUT2D eigenvalue weighted by Crippen LogP contribution is -2.07. The SMILES string of the molecule is CC[C@@H](C)COC(C)=O. The van der Waals surface area contributed by atoms with Gasteiger partial charge in [0.25, 0.3) is 0 Å². The molecule has 0 aromatic heterocycles. The summed E-state index contributed by atoms with van der Waals surface area (Å²) in [5, 5.41) is 0. The first-order valence-electron chi connectivity index (χ1n) is 3.30. The second kappa shape index (κ2) is 4.36. The number of ether oxygens (including phenoxy) is 1. The highest BCUT2D eigenvalue weighted by Crippen LogP contribution is 1.99. The molecule has 0 rings (SSSR count). The second-order valence-electron chi connectivity index (χ2n) is 2.32. The molecule has 0 spiro atoms. The first-order valence-corrected chi connectivity index (χ1v) is 3.30. The summed E-state index contributed by atoms with van der Waals surface area (Å²) in [5.74, 6) is 0.309. The fraction of sp³-hybridized carbons (Fsp3) is 0.857. The van der Waals surface area contributed by atoms with Crippen molar-refractivity contribution in [2.45, 2.75) is 27.2 Å². The van der Waals surface area contributed by atoms with Gasteiger partial charge in [-0.25, -0.2) is 0 Å². The Morgan fingerprint density at radius 3 is 2.56 bits per heavy atom. The van der Waals surface area contributed by atoms with E-state index in [9.17, 15) is 4.79 Å². The molecule has 0 aliphatic heterocycles. The van der Waals surface area contributed by atoms with Gasteiger partial charge in [0.1, 0.15) is 0 Å². The summed E-state index contributed by atoms with van der Waals surface area (Å²) < 4.78 is 4.76. The van der Waals surface area contributed by atoms with Crippen LogP contribution >= 0.6 is 0 Å². The third-order valence-corrected chi connectivity index (χ3v) is 1.27. The first-order chi connectivity index (χ1) is 4.16. The second-order valence-corrected chi connectivity index (χ2v) is 2.32. The van der Waals surface area contributed by atoms with Crippen LogP contribution in [0.2, 0.25) is 0 Å². The molecule has 0 saturated carbocycles. The van der Waals surface area contributed by atoms with E-state index in [0.717, 1.165) is 6.42 Å². The van der Waals surface area contributed by atoms with E-state index < -0.39 is 0 Å². The average Bonchev–Trinajstić information content (AvgIpc) is 1.83. The van der Waals surface area contributed by atoms with Gasteiger partial charge >= 0.3 is 5.97 Å². The van der Waals surface area contributed by atoms with Crippen LogP contribution in [0.25, 0.3) is 0 Å². The van der Waals surface area contributed by atoms with Gasteiger partial charge in [0.2, 0.25) is 0 Å². The van der Waals surface area contributed by atoms with E-state index in [2.05, 4.69) is 13.8 Å². The molecule has 9 heavy (non-hydrogen) atoms. The van der Waals surface area contributed by atoms with Crippen LogP contribution in [0, 0.1) is 5.92 Å². The Bertz CT molecular complexity index is 88.9. The van der Waals surface area contributed by atoms with Crippen molar-refractivity contribution in [3.05, 3.63) is 0 Å². The number of esters is 1. The van der Waals surface area contributed by atoms with Gasteiger partial charge in [0, 0.05) is 6.92 Å². The van der Waals surface area contributed by atoms with E-state index in [1.54, 1.807) is 0 Å². The number of carbonyl (C=O) groups excluding carboxylic acids is 1. The molecule has 1 atom stereocenters. The fourth-order valence-corrected chi connectivity index (χ4v) is 0.377. The third kappa shape index (κ3) is 5.34. The summed E-state index contributed by atoms with van der Waals surface area (Å²) >= 11 is 0. The molecular formula is C7H14O2. The minimum absolute atomic E-state index is 0.185. The quantitative estimate of drug-likeness (QED) is 0.542. The zero-order valence-corrected chi connectivity index (χ0v) is 6.31. The molecule has 0 aliphatic rings. The molecule has 0 fully saturated rings. The molecular weight excluding hydrogens is 116 g/mol. The van der Waals surface area contributed by atoms with Crippen molar-refractivity contribution in [3.63, 3.8) is 0 Å². The molecule has 0 N–H and O–H groups in total. The molecule has 0 saturated heterocycles. The Morgan fingerprint density at radius 1 is 1.67 bits per heavy atom. The van der Waals surface area contributed by atoms with Gasteiger partial charge in [-0.3, -0.25) is 4.79 Å². The zero-order chi connectivity index (χ0) is 7.28. The van der Waals surface area contributed by atoms with Crippen molar-refractivity contribution >= 4 is 5.97 Å². The van der Waals surface area contributed by atoms with Crippen LogP contribution in [0.5, 0.6) is 0 Å². The topological polar surface area (TPSA) is 26.3 Å². The van der Waals surface area contributed by atoms with Crippen molar-refractivity contribution in [1.29, 1.82) is 0 Å². The van der Waals surface area contributed by atoms with Crippen LogP contribution in [-0.2, 0) is 9.53 Å². The Kier molecular flexibility index (Phi) is 4.10. The van der Waals surface area contributed by atoms with Crippen molar-refractivity contribution in [3.8, 4) is 0 Å². The summed E-state index contributed by atoms with van der Waals surface area (Å²) in [6.45, 7) is 6.13. The summed E-state index contributed by atoms with van der Waals surface area (Å²) in [6.07, 6.45) is 1.06. The molecule has 54 valence electrons. The van der Waals surface area contributed by atoms with E-state index in [-0.39, 0.29) is 5.97 Å². The maximum Gasteiger partial charge on any atom is 0.302 e. The first kappa shape index (κ1) is 8.47. The summed E-state index contributed by atoms with van der Waals surface area (Å²) in [6, 6.07) is 0. The highest BCUT2D eigenvalue weighted by atomic mass is 16.5. The smallest absolute Gasteiger partial charge is 0.302 e. The van der Waals surface area contributed by atoms with Gasteiger partial charge in [-0.2, -0.15) is 0 Å². The number of hydrogen-bond acceptors (Lipinski definition) is 2. The van der Waals surface area contributed by atoms with Crippen LogP contribution in [0.3, 0.4) is 0 Å². The van der Waals surface area contributed by atoms with Crippen molar-refractivity contribution < 1.29 is 9.53 Å². The van der Waals surface area contributed by atoms with Crippen LogP contribution in [0.4, 0.5) is 0 Å². The molecule has 0 aromatic carbocycles. The van der Waals surface area contributed by atoms with Crippen LogP contribution in [-0.4, -0.2) is 12.6 Å². The minimum atomic E-state index is -0.185. The van der Waals surface area contributed by atoms with Crippen LogP contribution < -0.4 is 0 Å². The van der Waals surface area contributed by atoms with Gasteiger partial charge in [-0.05, 0) is 5.92 Å². The van der Waals surface area contributed by atoms with E-state index in [1.165, 1.54) is 6.92 Å². The van der Waals surface area contributed by atoms with Crippen LogP contribution in [0.1, 0.15) is 27.2 Å². The normalized spacial score (nSPS) is 12.8. The third-order valence-electron chi connectivity index (χ3n) is 1.27. The highest BCUT2D eigenvalue weighted by Gasteiger charge is 1.99. The Balaban J connectivity index is 3.16. The number of carbonyl (C=O) groups is 1. The van der Waals surface area contributed by atoms with Gasteiger partial charge < -0.3 is 4.74 Å². The zero-order valence-electron chi connectivity index (χ0n) is 6.31. The Hall–Kier alpha value is -0.530. The molecule has 2 heteroatoms. The number of rotatable bonds is 3. The summed E-state index contributed by atoms with van der Waals surface area (Å²) in [7, 11) is 0. The van der Waals surface area contributed by atoms with Crippen LogP contribution in [0.15, 0.2) is 0 Å². The molecule has 0 amide bonds. The predicted molar refractivity (Wildman–Crippen MR) is 36.1 cm³/mol. The largest absolute Gasteiger partial charge is 0.466 e. The summed E-state index contributed by atoms with van der Waals surface area (Å²) in [4.78, 5) is 10.2. The van der Waals surface area contributed by atoms with Crippen molar-refractivity contribution in [2.75, 3.05) is 6.61 Å². The van der Waals surface area contributed by atoms with E-state index in [4.69, 9.17) is 4.74 Å². The average molecular weight is 130 g/mol. The molecule has 0 aliphatic carbocycles. The predicted octanol–water partition coefficient (Wildman–Crippen LogP) is 1.60. The lowest BCUT2D eigenvalue weighted by atomic mass is 10.1. The van der Waals surface area contributed by atoms with Gasteiger partial charge in [-0.15, -0.1) is 0 Å². The lowest BCUT2D eigenvalue weighted by Gasteiger charge is -2.06. The van der Waals surface area contributed by atoms with E-state index >= 15 is 0 Å².